The molecule has 1 aliphatic heterocycles. The van der Waals surface area contributed by atoms with Crippen LogP contribution >= 0.6 is 11.3 Å². The van der Waals surface area contributed by atoms with E-state index in [1.165, 1.54) is 15.6 Å². The van der Waals surface area contributed by atoms with Crippen molar-refractivity contribution in [3.8, 4) is 0 Å². The Hall–Kier alpha value is -1.61. The van der Waals surface area contributed by atoms with Gasteiger partial charge in [0, 0.05) is 38.7 Å². The van der Waals surface area contributed by atoms with E-state index in [1.807, 2.05) is 37.4 Å². The summed E-state index contributed by atoms with van der Waals surface area (Å²) in [5, 5.41) is 0.864. The molecular formula is C19H25N3O3S2. The molecule has 27 heavy (non-hydrogen) atoms. The minimum Gasteiger partial charge on any atom is -0.305 e. The van der Waals surface area contributed by atoms with Gasteiger partial charge in [0.05, 0.1) is 15.6 Å². The van der Waals surface area contributed by atoms with Crippen molar-refractivity contribution in [1.29, 1.82) is 0 Å². The SMILES string of the molecule is CN1CCCN(S(=O)(=O)CCC(=O)c2cnc(Cc3ccccc3)s2)CC1. The number of nitrogens with zero attached hydrogens (tertiary/aromatic N) is 3. The standard InChI is InChI=1S/C19H25N3O3S2/c1-21-9-5-10-22(12-11-21)27(24,25)13-8-17(23)18-15-20-19(26-18)14-16-6-3-2-4-7-16/h2-4,6-7,15H,5,8-14H2,1H3. The van der Waals surface area contributed by atoms with E-state index in [1.54, 1.807) is 6.20 Å². The quantitative estimate of drug-likeness (QED) is 0.659. The minimum absolute atomic E-state index is 0.00163. The maximum absolute atomic E-state index is 12.6. The fourth-order valence-electron chi connectivity index (χ4n) is 3.07. The van der Waals surface area contributed by atoms with Gasteiger partial charge in [-0.05, 0) is 25.6 Å². The van der Waals surface area contributed by atoms with Gasteiger partial charge in [-0.15, -0.1) is 11.3 Å². The Morgan fingerprint density at radius 2 is 1.93 bits per heavy atom. The van der Waals surface area contributed by atoms with Crippen molar-refractivity contribution < 1.29 is 13.2 Å². The van der Waals surface area contributed by atoms with Gasteiger partial charge in [0.1, 0.15) is 0 Å². The monoisotopic (exact) mass is 407 g/mol. The van der Waals surface area contributed by atoms with Gasteiger partial charge in [0.2, 0.25) is 10.0 Å². The predicted molar refractivity (Wildman–Crippen MR) is 108 cm³/mol. The van der Waals surface area contributed by atoms with E-state index in [9.17, 15) is 13.2 Å². The highest BCUT2D eigenvalue weighted by molar-refractivity contribution is 7.89. The number of ketones is 1. The zero-order valence-corrected chi connectivity index (χ0v) is 17.1. The van der Waals surface area contributed by atoms with Crippen LogP contribution in [0.5, 0.6) is 0 Å². The zero-order chi connectivity index (χ0) is 19.3. The van der Waals surface area contributed by atoms with Gasteiger partial charge in [-0.3, -0.25) is 4.79 Å². The number of sulfonamides is 1. The number of hydrogen-bond donors (Lipinski definition) is 0. The average Bonchev–Trinajstić information content (AvgIpc) is 3.00. The van der Waals surface area contributed by atoms with E-state index < -0.39 is 10.0 Å². The molecule has 0 unspecified atom stereocenters. The maximum atomic E-state index is 12.6. The molecule has 0 saturated carbocycles. The molecule has 6 nitrogen and oxygen atoms in total. The van der Waals surface area contributed by atoms with Gasteiger partial charge in [-0.2, -0.15) is 0 Å². The number of thiazole rings is 1. The number of carbonyl (C=O) groups excluding carboxylic acids is 1. The normalized spacial score (nSPS) is 16.9. The third kappa shape index (κ3) is 5.68. The van der Waals surface area contributed by atoms with Crippen molar-refractivity contribution in [3.05, 3.63) is 52.0 Å². The Labute approximate surface area is 164 Å². The van der Waals surface area contributed by atoms with Crippen molar-refractivity contribution in [1.82, 2.24) is 14.2 Å². The minimum atomic E-state index is -3.40. The summed E-state index contributed by atoms with van der Waals surface area (Å²) in [5.74, 6) is -0.288. The lowest BCUT2D eigenvalue weighted by atomic mass is 10.2. The summed E-state index contributed by atoms with van der Waals surface area (Å²) in [6.07, 6.45) is 3.07. The highest BCUT2D eigenvalue weighted by Crippen LogP contribution is 2.19. The topological polar surface area (TPSA) is 70.6 Å². The molecule has 1 aromatic carbocycles. The van der Waals surface area contributed by atoms with Gasteiger partial charge < -0.3 is 4.90 Å². The van der Waals surface area contributed by atoms with Crippen LogP contribution in [0.15, 0.2) is 36.5 Å². The molecule has 3 rings (SSSR count). The first-order valence-corrected chi connectivity index (χ1v) is 11.5. The van der Waals surface area contributed by atoms with Crippen LogP contribution < -0.4 is 0 Å². The van der Waals surface area contributed by atoms with Gasteiger partial charge in [-0.25, -0.2) is 17.7 Å². The molecule has 2 heterocycles. The summed E-state index contributed by atoms with van der Waals surface area (Å²) >= 11 is 1.35. The molecule has 0 amide bonds. The molecule has 8 heteroatoms. The fraction of sp³-hybridized carbons (Fsp3) is 0.474. The number of benzene rings is 1. The van der Waals surface area contributed by atoms with Crippen molar-refractivity contribution >= 4 is 27.1 Å². The fourth-order valence-corrected chi connectivity index (χ4v) is 5.45. The Morgan fingerprint density at radius 3 is 2.70 bits per heavy atom. The van der Waals surface area contributed by atoms with E-state index in [-0.39, 0.29) is 18.0 Å². The second kappa shape index (κ2) is 9.05. The summed E-state index contributed by atoms with van der Waals surface area (Å²) in [6.45, 7) is 2.65. The Morgan fingerprint density at radius 1 is 1.15 bits per heavy atom. The third-order valence-electron chi connectivity index (χ3n) is 4.69. The molecule has 1 fully saturated rings. The largest absolute Gasteiger partial charge is 0.305 e. The van der Waals surface area contributed by atoms with E-state index in [0.29, 0.717) is 24.4 Å². The van der Waals surface area contributed by atoms with Crippen LogP contribution in [0, 0.1) is 0 Å². The van der Waals surface area contributed by atoms with Crippen LogP contribution in [0.4, 0.5) is 0 Å². The van der Waals surface area contributed by atoms with Crippen LogP contribution in [0.3, 0.4) is 0 Å². The molecule has 1 aliphatic rings. The molecule has 146 valence electrons. The summed E-state index contributed by atoms with van der Waals surface area (Å²) in [6, 6.07) is 9.95. The van der Waals surface area contributed by atoms with E-state index in [4.69, 9.17) is 0 Å². The van der Waals surface area contributed by atoms with Gasteiger partial charge in [0.15, 0.2) is 5.78 Å². The predicted octanol–water partition coefficient (Wildman–Crippen LogP) is 2.27. The molecule has 0 aliphatic carbocycles. The Balaban J connectivity index is 1.56. The lowest BCUT2D eigenvalue weighted by Gasteiger charge is -2.19. The first-order chi connectivity index (χ1) is 12.9. The van der Waals surface area contributed by atoms with Crippen molar-refractivity contribution in [2.75, 3.05) is 39.0 Å². The number of hydrogen-bond acceptors (Lipinski definition) is 6. The van der Waals surface area contributed by atoms with Crippen LogP contribution in [0.1, 0.15) is 33.1 Å². The Bertz CT molecular complexity index is 865. The molecule has 2 aromatic rings. The van der Waals surface area contributed by atoms with Crippen LogP contribution in [0.25, 0.3) is 0 Å². The van der Waals surface area contributed by atoms with Crippen LogP contribution in [0.2, 0.25) is 0 Å². The molecule has 0 spiro atoms. The smallest absolute Gasteiger partial charge is 0.214 e. The number of carbonyl (C=O) groups is 1. The van der Waals surface area contributed by atoms with Crippen molar-refractivity contribution in [2.24, 2.45) is 0 Å². The number of rotatable bonds is 7. The molecule has 0 bridgehead atoms. The summed E-state index contributed by atoms with van der Waals surface area (Å²) in [4.78, 5) is 19.4. The van der Waals surface area contributed by atoms with E-state index >= 15 is 0 Å². The van der Waals surface area contributed by atoms with Gasteiger partial charge in [-0.1, -0.05) is 30.3 Å². The second-order valence-electron chi connectivity index (χ2n) is 6.83. The summed E-state index contributed by atoms with van der Waals surface area (Å²) in [7, 11) is -1.41. The zero-order valence-electron chi connectivity index (χ0n) is 15.5. The van der Waals surface area contributed by atoms with Crippen molar-refractivity contribution in [3.63, 3.8) is 0 Å². The molecule has 0 radical (unpaired) electrons. The number of likely N-dealkylation sites (N-methyl/N-ethyl adjacent to an activating group) is 1. The van der Waals surface area contributed by atoms with E-state index in [0.717, 1.165) is 30.1 Å². The summed E-state index contributed by atoms with van der Waals surface area (Å²) < 4.78 is 26.7. The average molecular weight is 408 g/mol. The lowest BCUT2D eigenvalue weighted by Crippen LogP contribution is -2.36. The highest BCUT2D eigenvalue weighted by Gasteiger charge is 2.25. The molecule has 1 saturated heterocycles. The summed E-state index contributed by atoms with van der Waals surface area (Å²) in [5.41, 5.74) is 1.14. The third-order valence-corrected chi connectivity index (χ3v) is 7.60. The van der Waals surface area contributed by atoms with Gasteiger partial charge in [0.25, 0.3) is 0 Å². The second-order valence-corrected chi connectivity index (χ2v) is 10.0. The van der Waals surface area contributed by atoms with Crippen LogP contribution in [-0.4, -0.2) is 67.4 Å². The van der Waals surface area contributed by atoms with Gasteiger partial charge >= 0.3 is 0 Å². The first kappa shape index (κ1) is 20.1. The Kier molecular flexibility index (Phi) is 6.75. The number of aromatic nitrogens is 1. The van der Waals surface area contributed by atoms with Crippen molar-refractivity contribution in [2.45, 2.75) is 19.3 Å². The van der Waals surface area contributed by atoms with E-state index in [2.05, 4.69) is 9.88 Å². The molecule has 1 aromatic heterocycles. The lowest BCUT2D eigenvalue weighted by molar-refractivity contribution is 0.0992. The first-order valence-electron chi connectivity index (χ1n) is 9.12. The highest BCUT2D eigenvalue weighted by atomic mass is 32.2. The number of Topliss-reactive ketones (excluding diaryl/α,β-unsaturated/α-hetero) is 1. The molecular weight excluding hydrogens is 382 g/mol. The van der Waals surface area contributed by atoms with Crippen LogP contribution in [-0.2, 0) is 16.4 Å². The maximum Gasteiger partial charge on any atom is 0.214 e. The molecule has 0 atom stereocenters. The molecule has 0 N–H and O–H groups in total.